The van der Waals surface area contributed by atoms with Crippen LogP contribution < -0.4 is 0 Å². The van der Waals surface area contributed by atoms with Crippen LogP contribution in [0.3, 0.4) is 0 Å². The molecule has 3 rings (SSSR count). The van der Waals surface area contributed by atoms with Gasteiger partial charge in [-0.15, -0.1) is 6.58 Å². The van der Waals surface area contributed by atoms with Crippen molar-refractivity contribution in [2.45, 2.75) is 68.7 Å². The van der Waals surface area contributed by atoms with Gasteiger partial charge in [0.1, 0.15) is 12.2 Å². The SMILES string of the molecule is C=CCOC([C@@H](OC)[C@@H]1CC=C(S(=O)c2ccccc2)C(=O)C1)[C@H]1OC(C)(C)O[C@@H]1C. The highest BCUT2D eigenvalue weighted by Gasteiger charge is 2.48. The van der Waals surface area contributed by atoms with Gasteiger partial charge in [0.2, 0.25) is 0 Å². The average Bonchev–Trinajstić information content (AvgIpc) is 3.03. The first-order valence-corrected chi connectivity index (χ1v) is 11.7. The van der Waals surface area contributed by atoms with Crippen molar-refractivity contribution in [1.29, 1.82) is 0 Å². The van der Waals surface area contributed by atoms with Gasteiger partial charge in [-0.2, -0.15) is 0 Å². The van der Waals surface area contributed by atoms with Crippen LogP contribution in [-0.4, -0.2) is 53.9 Å². The number of methoxy groups -OCH3 is 1. The summed E-state index contributed by atoms with van der Waals surface area (Å²) in [5, 5.41) is 0. The molecule has 2 unspecified atom stereocenters. The second kappa shape index (κ2) is 10.3. The van der Waals surface area contributed by atoms with E-state index in [1.807, 2.05) is 39.0 Å². The number of rotatable bonds is 9. The molecule has 0 spiro atoms. The molecular weight excluding hydrogens is 416 g/mol. The second-order valence-corrected chi connectivity index (χ2v) is 9.81. The Labute approximate surface area is 187 Å². The predicted octanol–water partition coefficient (Wildman–Crippen LogP) is 3.78. The van der Waals surface area contributed by atoms with Crippen molar-refractivity contribution >= 4 is 16.6 Å². The molecular formula is C24H32O6S. The molecule has 1 aliphatic heterocycles. The summed E-state index contributed by atoms with van der Waals surface area (Å²) in [5.41, 5.74) is 0. The van der Waals surface area contributed by atoms with Crippen LogP contribution >= 0.6 is 0 Å². The molecule has 0 radical (unpaired) electrons. The fraction of sp³-hybridized carbons (Fsp3) is 0.542. The number of hydrogen-bond acceptors (Lipinski definition) is 6. The minimum atomic E-state index is -1.48. The van der Waals surface area contributed by atoms with Crippen LogP contribution in [0.15, 0.2) is 58.9 Å². The maximum Gasteiger partial charge on any atom is 0.172 e. The molecule has 31 heavy (non-hydrogen) atoms. The van der Waals surface area contributed by atoms with Crippen LogP contribution in [0, 0.1) is 5.92 Å². The molecule has 0 saturated carbocycles. The number of carbonyl (C=O) groups excluding carboxylic acids is 1. The van der Waals surface area contributed by atoms with Gasteiger partial charge in [0.05, 0.1) is 34.5 Å². The first-order valence-electron chi connectivity index (χ1n) is 10.6. The fourth-order valence-electron chi connectivity index (χ4n) is 4.35. The van der Waals surface area contributed by atoms with Crippen LogP contribution in [0.5, 0.6) is 0 Å². The van der Waals surface area contributed by atoms with E-state index in [-0.39, 0.29) is 30.3 Å². The molecule has 1 heterocycles. The number of allylic oxidation sites excluding steroid dienone is 2. The topological polar surface area (TPSA) is 71.1 Å². The first-order chi connectivity index (χ1) is 14.8. The molecule has 0 bridgehead atoms. The number of hydrogen-bond donors (Lipinski definition) is 0. The monoisotopic (exact) mass is 448 g/mol. The lowest BCUT2D eigenvalue weighted by molar-refractivity contribution is -0.177. The Morgan fingerprint density at radius 1 is 1.26 bits per heavy atom. The number of carbonyl (C=O) groups is 1. The van der Waals surface area contributed by atoms with Gasteiger partial charge in [0.25, 0.3) is 0 Å². The Kier molecular flexibility index (Phi) is 7.99. The lowest BCUT2D eigenvalue weighted by Gasteiger charge is -2.37. The van der Waals surface area contributed by atoms with Crippen LogP contribution in [0.25, 0.3) is 0 Å². The van der Waals surface area contributed by atoms with Gasteiger partial charge in [0.15, 0.2) is 11.6 Å². The van der Waals surface area contributed by atoms with Crippen molar-refractivity contribution in [3.63, 3.8) is 0 Å². The van der Waals surface area contributed by atoms with Gasteiger partial charge in [-0.1, -0.05) is 30.4 Å². The Morgan fingerprint density at radius 2 is 1.97 bits per heavy atom. The molecule has 6 nitrogen and oxygen atoms in total. The zero-order chi connectivity index (χ0) is 22.6. The highest BCUT2D eigenvalue weighted by molar-refractivity contribution is 7.90. The average molecular weight is 449 g/mol. The van der Waals surface area contributed by atoms with Gasteiger partial charge >= 0.3 is 0 Å². The van der Waals surface area contributed by atoms with Gasteiger partial charge in [-0.3, -0.25) is 4.79 Å². The summed E-state index contributed by atoms with van der Waals surface area (Å²) in [4.78, 5) is 13.9. The van der Waals surface area contributed by atoms with Crippen LogP contribution in [-0.2, 0) is 34.5 Å². The molecule has 6 atom stereocenters. The third-order valence-electron chi connectivity index (χ3n) is 5.63. The molecule has 2 aliphatic rings. The third kappa shape index (κ3) is 5.59. The Hall–Kier alpha value is -1.64. The summed E-state index contributed by atoms with van der Waals surface area (Å²) < 4.78 is 36.9. The Balaban J connectivity index is 1.80. The van der Waals surface area contributed by atoms with E-state index in [1.165, 1.54) is 0 Å². The van der Waals surface area contributed by atoms with Gasteiger partial charge in [-0.05, 0) is 45.2 Å². The number of ketones is 1. The van der Waals surface area contributed by atoms with Crippen LogP contribution in [0.2, 0.25) is 0 Å². The molecule has 0 amide bonds. The third-order valence-corrected chi connectivity index (χ3v) is 7.12. The fourth-order valence-corrected chi connectivity index (χ4v) is 5.54. The maximum atomic E-state index is 12.9. The highest BCUT2D eigenvalue weighted by atomic mass is 32.2. The Bertz CT molecular complexity index is 834. The molecule has 1 saturated heterocycles. The van der Waals surface area contributed by atoms with Crippen molar-refractivity contribution in [2.75, 3.05) is 13.7 Å². The summed E-state index contributed by atoms with van der Waals surface area (Å²) in [6.07, 6.45) is 2.90. The van der Waals surface area contributed by atoms with Crippen molar-refractivity contribution in [3.8, 4) is 0 Å². The van der Waals surface area contributed by atoms with Crippen molar-refractivity contribution in [2.24, 2.45) is 5.92 Å². The maximum absolute atomic E-state index is 12.9. The summed E-state index contributed by atoms with van der Waals surface area (Å²) in [6, 6.07) is 9.04. The Morgan fingerprint density at radius 3 is 2.52 bits per heavy atom. The molecule has 1 aromatic carbocycles. The number of ether oxygens (including phenoxy) is 4. The van der Waals surface area contributed by atoms with E-state index >= 15 is 0 Å². The normalized spacial score (nSPS) is 28.6. The van der Waals surface area contributed by atoms with Crippen LogP contribution in [0.4, 0.5) is 0 Å². The van der Waals surface area contributed by atoms with E-state index in [0.29, 0.717) is 22.8 Å². The minimum Gasteiger partial charge on any atom is -0.378 e. The molecule has 1 aliphatic carbocycles. The van der Waals surface area contributed by atoms with E-state index in [0.717, 1.165) is 0 Å². The zero-order valence-electron chi connectivity index (χ0n) is 18.6. The van der Waals surface area contributed by atoms with E-state index in [9.17, 15) is 9.00 Å². The van der Waals surface area contributed by atoms with Crippen LogP contribution in [0.1, 0.15) is 33.6 Å². The van der Waals surface area contributed by atoms with E-state index < -0.39 is 28.8 Å². The molecule has 0 aromatic heterocycles. The van der Waals surface area contributed by atoms with Gasteiger partial charge < -0.3 is 18.9 Å². The molecule has 1 fully saturated rings. The summed E-state index contributed by atoms with van der Waals surface area (Å²) in [6.45, 7) is 9.76. The second-order valence-electron chi connectivity index (χ2n) is 8.37. The lowest BCUT2D eigenvalue weighted by Crippen LogP contribution is -2.49. The zero-order valence-corrected chi connectivity index (χ0v) is 19.4. The standard InChI is InChI=1S/C24H32O6S/c1-6-14-28-23(21-16(2)29-24(3,4)30-21)22(27-5)17-12-13-20(19(25)15-17)31(26)18-10-8-7-9-11-18/h6-11,13,16-17,21-23H,1,12,14-15H2,2-5H3/t16-,17-,21+,22+,23?,31?/m1/s1. The lowest BCUT2D eigenvalue weighted by atomic mass is 9.84. The van der Waals surface area contributed by atoms with Gasteiger partial charge in [-0.25, -0.2) is 4.21 Å². The molecule has 0 N–H and O–H groups in total. The number of Topliss-reactive ketones (excluding diaryl/α,β-unsaturated/α-hetero) is 1. The highest BCUT2D eigenvalue weighted by Crippen LogP contribution is 2.37. The summed E-state index contributed by atoms with van der Waals surface area (Å²) >= 11 is 0. The van der Waals surface area contributed by atoms with Gasteiger partial charge in [0, 0.05) is 18.4 Å². The summed E-state index contributed by atoms with van der Waals surface area (Å²) in [7, 11) is 0.135. The minimum absolute atomic E-state index is 0.122. The molecule has 1 aromatic rings. The number of benzene rings is 1. The molecule has 7 heteroatoms. The molecule has 170 valence electrons. The van der Waals surface area contributed by atoms with Crippen molar-refractivity contribution < 1.29 is 28.0 Å². The predicted molar refractivity (Wildman–Crippen MR) is 119 cm³/mol. The van der Waals surface area contributed by atoms with Crippen molar-refractivity contribution in [1.82, 2.24) is 0 Å². The van der Waals surface area contributed by atoms with E-state index in [2.05, 4.69) is 6.58 Å². The summed E-state index contributed by atoms with van der Waals surface area (Å²) in [5.74, 6) is -0.969. The van der Waals surface area contributed by atoms with E-state index in [1.54, 1.807) is 31.4 Å². The first kappa shape index (κ1) is 24.0. The van der Waals surface area contributed by atoms with Crippen molar-refractivity contribution in [3.05, 3.63) is 54.0 Å². The largest absolute Gasteiger partial charge is 0.378 e. The quantitative estimate of drug-likeness (QED) is 0.536. The van der Waals surface area contributed by atoms with E-state index in [4.69, 9.17) is 18.9 Å². The smallest absolute Gasteiger partial charge is 0.172 e.